The van der Waals surface area contributed by atoms with Gasteiger partial charge in [0.2, 0.25) is 0 Å². The summed E-state index contributed by atoms with van der Waals surface area (Å²) >= 11 is 17.6. The van der Waals surface area contributed by atoms with Gasteiger partial charge in [0, 0.05) is 21.1 Å². The Morgan fingerprint density at radius 2 is 1.47 bits per heavy atom. The topological polar surface area (TPSA) is 35.2 Å². The van der Waals surface area contributed by atoms with Crippen molar-refractivity contribution in [2.75, 3.05) is 5.73 Å². The number of hydrogen-bond acceptors (Lipinski definition) is 2. The largest absolute Gasteiger partial charge is 0.455 e. The van der Waals surface area contributed by atoms with Crippen LogP contribution in [-0.2, 0) is 0 Å². The van der Waals surface area contributed by atoms with Crippen LogP contribution in [0.4, 0.5) is 5.69 Å². The third-order valence-electron chi connectivity index (χ3n) is 2.04. The first-order valence-corrected chi connectivity index (χ1v) is 5.87. The summed E-state index contributed by atoms with van der Waals surface area (Å²) in [5.74, 6) is 0.979. The van der Waals surface area contributed by atoms with Crippen molar-refractivity contribution < 1.29 is 4.74 Å². The smallest absolute Gasteiger partial charge is 0.151 e. The van der Waals surface area contributed by atoms with Crippen LogP contribution in [0.15, 0.2) is 36.4 Å². The zero-order valence-electron chi connectivity index (χ0n) is 8.58. The predicted molar refractivity (Wildman–Crippen MR) is 72.4 cm³/mol. The van der Waals surface area contributed by atoms with E-state index in [1.54, 1.807) is 36.4 Å². The van der Waals surface area contributed by atoms with Crippen LogP contribution in [-0.4, -0.2) is 0 Å². The summed E-state index contributed by atoms with van der Waals surface area (Å²) in [4.78, 5) is 0. The van der Waals surface area contributed by atoms with E-state index in [1.165, 1.54) is 0 Å². The van der Waals surface area contributed by atoms with Crippen LogP contribution < -0.4 is 10.5 Å². The minimum Gasteiger partial charge on any atom is -0.455 e. The van der Waals surface area contributed by atoms with Crippen LogP contribution >= 0.6 is 34.8 Å². The second-order valence-electron chi connectivity index (χ2n) is 3.39. The molecule has 88 valence electrons. The number of hydrogen-bond donors (Lipinski definition) is 1. The lowest BCUT2D eigenvalue weighted by Crippen LogP contribution is -1.91. The fourth-order valence-electron chi connectivity index (χ4n) is 1.31. The van der Waals surface area contributed by atoms with E-state index in [1.807, 2.05) is 0 Å². The highest BCUT2D eigenvalue weighted by atomic mass is 35.5. The SMILES string of the molecule is Nc1ccc(Cl)cc1Oc1cc(Cl)cc(Cl)c1. The third-order valence-corrected chi connectivity index (χ3v) is 2.71. The normalized spacial score (nSPS) is 10.3. The van der Waals surface area contributed by atoms with Crippen LogP contribution in [0.5, 0.6) is 11.5 Å². The van der Waals surface area contributed by atoms with Crippen LogP contribution in [0.1, 0.15) is 0 Å². The molecule has 0 unspecified atom stereocenters. The lowest BCUT2D eigenvalue weighted by Gasteiger charge is -2.09. The number of anilines is 1. The molecule has 0 aliphatic heterocycles. The first-order valence-electron chi connectivity index (χ1n) is 4.73. The average Bonchev–Trinajstić information content (AvgIpc) is 2.22. The van der Waals surface area contributed by atoms with Gasteiger partial charge in [-0.2, -0.15) is 0 Å². The van der Waals surface area contributed by atoms with Crippen molar-refractivity contribution in [2.45, 2.75) is 0 Å². The van der Waals surface area contributed by atoms with Crippen LogP contribution in [0.2, 0.25) is 15.1 Å². The second-order valence-corrected chi connectivity index (χ2v) is 4.70. The van der Waals surface area contributed by atoms with Crippen molar-refractivity contribution in [1.29, 1.82) is 0 Å². The van der Waals surface area contributed by atoms with Gasteiger partial charge in [0.1, 0.15) is 5.75 Å². The van der Waals surface area contributed by atoms with Gasteiger partial charge in [-0.25, -0.2) is 0 Å². The maximum absolute atomic E-state index is 5.87. The van der Waals surface area contributed by atoms with Gasteiger partial charge in [0.25, 0.3) is 0 Å². The minimum atomic E-state index is 0.468. The molecular weight excluding hydrogens is 280 g/mol. The van der Waals surface area contributed by atoms with E-state index in [9.17, 15) is 0 Å². The molecule has 17 heavy (non-hydrogen) atoms. The van der Waals surface area contributed by atoms with Gasteiger partial charge >= 0.3 is 0 Å². The monoisotopic (exact) mass is 287 g/mol. The fraction of sp³-hybridized carbons (Fsp3) is 0. The highest BCUT2D eigenvalue weighted by Crippen LogP contribution is 2.32. The van der Waals surface area contributed by atoms with Crippen LogP contribution in [0.25, 0.3) is 0 Å². The molecule has 2 nitrogen and oxygen atoms in total. The van der Waals surface area contributed by atoms with Crippen LogP contribution in [0, 0.1) is 0 Å². The van der Waals surface area contributed by atoms with Gasteiger partial charge in [-0.3, -0.25) is 0 Å². The quantitative estimate of drug-likeness (QED) is 0.787. The Balaban J connectivity index is 2.34. The summed E-state index contributed by atoms with van der Waals surface area (Å²) in [7, 11) is 0. The van der Waals surface area contributed by atoms with Gasteiger partial charge in [-0.1, -0.05) is 34.8 Å². The summed E-state index contributed by atoms with van der Waals surface area (Å²) in [6.07, 6.45) is 0. The molecule has 5 heteroatoms. The zero-order valence-corrected chi connectivity index (χ0v) is 10.9. The lowest BCUT2D eigenvalue weighted by atomic mass is 10.3. The van der Waals surface area contributed by atoms with E-state index in [-0.39, 0.29) is 0 Å². The van der Waals surface area contributed by atoms with Gasteiger partial charge in [-0.05, 0) is 30.3 Å². The number of rotatable bonds is 2. The molecule has 2 aromatic carbocycles. The molecule has 0 amide bonds. The lowest BCUT2D eigenvalue weighted by molar-refractivity contribution is 0.485. The maximum Gasteiger partial charge on any atom is 0.151 e. The first kappa shape index (κ1) is 12.4. The summed E-state index contributed by atoms with van der Waals surface area (Å²) in [5.41, 5.74) is 6.25. The molecule has 0 atom stereocenters. The predicted octanol–water partition coefficient (Wildman–Crippen LogP) is 5.02. The first-order chi connectivity index (χ1) is 8.04. The molecular formula is C12H8Cl3NO. The van der Waals surface area contributed by atoms with Gasteiger partial charge < -0.3 is 10.5 Å². The van der Waals surface area contributed by atoms with Crippen molar-refractivity contribution in [2.24, 2.45) is 0 Å². The van der Waals surface area contributed by atoms with Crippen molar-refractivity contribution in [3.8, 4) is 11.5 Å². The van der Waals surface area contributed by atoms with Crippen molar-refractivity contribution in [3.63, 3.8) is 0 Å². The highest BCUT2D eigenvalue weighted by molar-refractivity contribution is 6.34. The van der Waals surface area contributed by atoms with E-state index in [0.717, 1.165) is 0 Å². The Kier molecular flexibility index (Phi) is 3.67. The van der Waals surface area contributed by atoms with E-state index in [4.69, 9.17) is 45.3 Å². The summed E-state index contributed by atoms with van der Waals surface area (Å²) in [5, 5.41) is 1.53. The molecule has 2 rings (SSSR count). The molecule has 2 N–H and O–H groups in total. The molecule has 0 bridgehead atoms. The number of nitrogen functional groups attached to an aromatic ring is 1. The minimum absolute atomic E-state index is 0.468. The molecule has 0 aliphatic carbocycles. The molecule has 0 saturated heterocycles. The molecule has 0 saturated carbocycles. The molecule has 0 aromatic heterocycles. The number of halogens is 3. The zero-order chi connectivity index (χ0) is 12.4. The van der Waals surface area contributed by atoms with Crippen molar-refractivity contribution in [1.82, 2.24) is 0 Å². The summed E-state index contributed by atoms with van der Waals surface area (Å²) < 4.78 is 5.57. The molecule has 2 aromatic rings. The average molecular weight is 289 g/mol. The fourth-order valence-corrected chi connectivity index (χ4v) is 1.98. The van der Waals surface area contributed by atoms with Gasteiger partial charge in [-0.15, -0.1) is 0 Å². The Bertz CT molecular complexity index is 537. The third kappa shape index (κ3) is 3.19. The Morgan fingerprint density at radius 3 is 2.12 bits per heavy atom. The van der Waals surface area contributed by atoms with Gasteiger partial charge in [0.05, 0.1) is 5.69 Å². The Morgan fingerprint density at radius 1 is 0.824 bits per heavy atom. The van der Waals surface area contributed by atoms with E-state index in [2.05, 4.69) is 0 Å². The van der Waals surface area contributed by atoms with Crippen molar-refractivity contribution >= 4 is 40.5 Å². The molecule has 0 spiro atoms. The maximum atomic E-state index is 5.87. The number of benzene rings is 2. The van der Waals surface area contributed by atoms with E-state index < -0.39 is 0 Å². The Hall–Kier alpha value is -1.09. The van der Waals surface area contributed by atoms with Gasteiger partial charge in [0.15, 0.2) is 5.75 Å². The Labute approximate surface area is 114 Å². The molecule has 0 radical (unpaired) electrons. The number of ether oxygens (including phenoxy) is 1. The summed E-state index contributed by atoms with van der Waals surface area (Å²) in [6, 6.07) is 9.91. The van der Waals surface area contributed by atoms with E-state index in [0.29, 0.717) is 32.3 Å². The van der Waals surface area contributed by atoms with Crippen molar-refractivity contribution in [3.05, 3.63) is 51.5 Å². The van der Waals surface area contributed by atoms with E-state index >= 15 is 0 Å². The van der Waals surface area contributed by atoms with Crippen LogP contribution in [0.3, 0.4) is 0 Å². The highest BCUT2D eigenvalue weighted by Gasteiger charge is 2.05. The number of nitrogens with two attached hydrogens (primary N) is 1. The molecule has 0 heterocycles. The molecule has 0 fully saturated rings. The molecule has 0 aliphatic rings. The standard InChI is InChI=1S/C12H8Cl3NO/c13-7-1-2-11(16)12(6-7)17-10-4-8(14)3-9(15)5-10/h1-6H,16H2. The summed E-state index contributed by atoms with van der Waals surface area (Å²) in [6.45, 7) is 0. The second kappa shape index (κ2) is 5.05.